The Morgan fingerprint density at radius 3 is 2.63 bits per heavy atom. The Morgan fingerprint density at radius 1 is 1.42 bits per heavy atom. The van der Waals surface area contributed by atoms with Crippen LogP contribution in [0.25, 0.3) is 0 Å². The van der Waals surface area contributed by atoms with Crippen LogP contribution in [0, 0.1) is 0 Å². The molecule has 1 rings (SSSR count). The first-order valence-electron chi connectivity index (χ1n) is 6.28. The Hall–Kier alpha value is -0.950. The molecule has 1 aromatic rings. The molecule has 0 aliphatic carbocycles. The molecule has 0 aliphatic rings. The minimum absolute atomic E-state index is 0.191. The molecular weight excluding hydrogens is 264 g/mol. The van der Waals surface area contributed by atoms with Gasteiger partial charge < -0.3 is 10.5 Å². The molecule has 0 saturated carbocycles. The molecule has 2 N–H and O–H groups in total. The summed E-state index contributed by atoms with van der Waals surface area (Å²) in [6.45, 7) is 4.77. The maximum atomic E-state index is 12.5. The van der Waals surface area contributed by atoms with E-state index < -0.39 is 10.0 Å². The van der Waals surface area contributed by atoms with Crippen LogP contribution in [0.15, 0.2) is 29.2 Å². The topological polar surface area (TPSA) is 72.6 Å². The van der Waals surface area contributed by atoms with Crippen molar-refractivity contribution in [1.82, 2.24) is 4.31 Å². The average molecular weight is 286 g/mol. The molecule has 0 aromatic heterocycles. The van der Waals surface area contributed by atoms with Crippen LogP contribution >= 0.6 is 0 Å². The summed E-state index contributed by atoms with van der Waals surface area (Å²) in [7, 11) is -1.93. The van der Waals surface area contributed by atoms with Gasteiger partial charge in [0, 0.05) is 26.2 Å². The number of hydrogen-bond acceptors (Lipinski definition) is 4. The zero-order valence-corrected chi connectivity index (χ0v) is 12.5. The predicted octanol–water partition coefficient (Wildman–Crippen LogP) is 1.36. The second kappa shape index (κ2) is 7.00. The zero-order chi connectivity index (χ0) is 14.5. The number of nitrogens with zero attached hydrogens (tertiary/aromatic N) is 1. The summed E-state index contributed by atoms with van der Waals surface area (Å²) in [4.78, 5) is 0.278. The number of sulfonamides is 1. The van der Waals surface area contributed by atoms with Crippen molar-refractivity contribution in [2.24, 2.45) is 5.73 Å². The van der Waals surface area contributed by atoms with E-state index in [1.165, 1.54) is 4.31 Å². The molecular formula is C13H22N2O3S. The van der Waals surface area contributed by atoms with Crippen molar-refractivity contribution in [2.75, 3.05) is 26.8 Å². The van der Waals surface area contributed by atoms with Crippen molar-refractivity contribution in [3.05, 3.63) is 29.8 Å². The highest BCUT2D eigenvalue weighted by atomic mass is 32.2. The maximum absolute atomic E-state index is 12.5. The van der Waals surface area contributed by atoms with Gasteiger partial charge in [-0.05, 0) is 24.6 Å². The number of likely N-dealkylation sites (N-methyl/N-ethyl adjacent to an activating group) is 1. The molecule has 0 spiro atoms. The van der Waals surface area contributed by atoms with Gasteiger partial charge in [-0.15, -0.1) is 0 Å². The third-order valence-electron chi connectivity index (χ3n) is 2.92. The molecule has 1 atom stereocenters. The lowest BCUT2D eigenvalue weighted by Crippen LogP contribution is -2.33. The molecule has 5 nitrogen and oxygen atoms in total. The van der Waals surface area contributed by atoms with Crippen LogP contribution in [0.3, 0.4) is 0 Å². The lowest BCUT2D eigenvalue weighted by molar-refractivity contribution is 0.180. The molecule has 6 heteroatoms. The first-order valence-corrected chi connectivity index (χ1v) is 7.72. The molecule has 0 bridgehead atoms. The number of methoxy groups -OCH3 is 1. The largest absolute Gasteiger partial charge is 0.383 e. The summed E-state index contributed by atoms with van der Waals surface area (Å²) < 4.78 is 31.3. The Balaban J connectivity index is 3.07. The molecule has 19 heavy (non-hydrogen) atoms. The monoisotopic (exact) mass is 286 g/mol. The van der Waals surface area contributed by atoms with Crippen LogP contribution in [0.2, 0.25) is 0 Å². The number of benzene rings is 1. The van der Waals surface area contributed by atoms with Crippen LogP contribution < -0.4 is 5.73 Å². The van der Waals surface area contributed by atoms with Gasteiger partial charge in [0.15, 0.2) is 0 Å². The van der Waals surface area contributed by atoms with E-state index in [0.29, 0.717) is 19.7 Å². The normalized spacial score (nSPS) is 13.7. The number of rotatable bonds is 7. The van der Waals surface area contributed by atoms with Crippen LogP contribution in [-0.4, -0.2) is 39.5 Å². The smallest absolute Gasteiger partial charge is 0.243 e. The Bertz CT molecular complexity index is 500. The van der Waals surface area contributed by atoms with E-state index in [2.05, 4.69) is 0 Å². The standard InChI is InChI=1S/C13H22N2O3S/c1-4-15(8-9-18-3)19(16,17)13-7-5-6-12(10-13)11(2)14/h5-7,10-11H,4,8-9,14H2,1-3H3. The fourth-order valence-corrected chi connectivity index (χ4v) is 3.24. The van der Waals surface area contributed by atoms with E-state index in [1.54, 1.807) is 25.3 Å². The molecule has 0 aliphatic heterocycles. The van der Waals surface area contributed by atoms with Crippen LogP contribution in [0.4, 0.5) is 0 Å². The minimum atomic E-state index is -3.48. The molecule has 1 aromatic carbocycles. The molecule has 0 saturated heterocycles. The Morgan fingerprint density at radius 2 is 2.11 bits per heavy atom. The maximum Gasteiger partial charge on any atom is 0.243 e. The molecule has 0 radical (unpaired) electrons. The van der Waals surface area contributed by atoms with E-state index in [9.17, 15) is 8.42 Å². The SMILES string of the molecule is CCN(CCOC)S(=O)(=O)c1cccc(C(C)N)c1. The lowest BCUT2D eigenvalue weighted by atomic mass is 10.1. The van der Waals surface area contributed by atoms with E-state index in [1.807, 2.05) is 19.9 Å². The van der Waals surface area contributed by atoms with E-state index in [-0.39, 0.29) is 10.9 Å². The fourth-order valence-electron chi connectivity index (χ4n) is 1.75. The summed E-state index contributed by atoms with van der Waals surface area (Å²) >= 11 is 0. The van der Waals surface area contributed by atoms with Gasteiger partial charge in [0.2, 0.25) is 10.0 Å². The summed E-state index contributed by atoms with van der Waals surface area (Å²) in [6, 6.07) is 6.58. The van der Waals surface area contributed by atoms with Crippen LogP contribution in [0.5, 0.6) is 0 Å². The van der Waals surface area contributed by atoms with E-state index >= 15 is 0 Å². The third kappa shape index (κ3) is 4.01. The second-order valence-electron chi connectivity index (χ2n) is 4.35. The summed E-state index contributed by atoms with van der Waals surface area (Å²) in [5.41, 5.74) is 6.60. The first-order chi connectivity index (χ1) is 8.93. The van der Waals surface area contributed by atoms with Gasteiger partial charge >= 0.3 is 0 Å². The van der Waals surface area contributed by atoms with Crippen molar-refractivity contribution in [2.45, 2.75) is 24.8 Å². The van der Waals surface area contributed by atoms with Crippen molar-refractivity contribution in [3.63, 3.8) is 0 Å². The summed E-state index contributed by atoms with van der Waals surface area (Å²) in [5, 5.41) is 0. The molecule has 0 fully saturated rings. The Labute approximate surface area is 115 Å². The highest BCUT2D eigenvalue weighted by Crippen LogP contribution is 2.19. The van der Waals surface area contributed by atoms with Crippen molar-refractivity contribution in [3.8, 4) is 0 Å². The lowest BCUT2D eigenvalue weighted by Gasteiger charge is -2.20. The van der Waals surface area contributed by atoms with Crippen molar-refractivity contribution in [1.29, 1.82) is 0 Å². The fraction of sp³-hybridized carbons (Fsp3) is 0.538. The highest BCUT2D eigenvalue weighted by molar-refractivity contribution is 7.89. The molecule has 0 amide bonds. The molecule has 108 valence electrons. The average Bonchev–Trinajstić information content (AvgIpc) is 2.39. The summed E-state index contributed by atoms with van der Waals surface area (Å²) in [5.74, 6) is 0. The molecule has 0 heterocycles. The van der Waals surface area contributed by atoms with Gasteiger partial charge in [0.05, 0.1) is 11.5 Å². The Kier molecular flexibility index (Phi) is 5.93. The van der Waals surface area contributed by atoms with Gasteiger partial charge in [0.25, 0.3) is 0 Å². The predicted molar refractivity (Wildman–Crippen MR) is 75.4 cm³/mol. The quantitative estimate of drug-likeness (QED) is 0.821. The van der Waals surface area contributed by atoms with Gasteiger partial charge in [-0.25, -0.2) is 8.42 Å². The highest BCUT2D eigenvalue weighted by Gasteiger charge is 2.23. The number of ether oxygens (including phenoxy) is 1. The van der Waals surface area contributed by atoms with Gasteiger partial charge in [-0.3, -0.25) is 0 Å². The zero-order valence-electron chi connectivity index (χ0n) is 11.7. The van der Waals surface area contributed by atoms with Gasteiger partial charge in [-0.2, -0.15) is 4.31 Å². The first kappa shape index (κ1) is 16.1. The van der Waals surface area contributed by atoms with Crippen molar-refractivity contribution < 1.29 is 13.2 Å². The number of hydrogen-bond donors (Lipinski definition) is 1. The molecule has 1 unspecified atom stereocenters. The van der Waals surface area contributed by atoms with E-state index in [0.717, 1.165) is 5.56 Å². The van der Waals surface area contributed by atoms with Gasteiger partial charge in [0.1, 0.15) is 0 Å². The van der Waals surface area contributed by atoms with E-state index in [4.69, 9.17) is 10.5 Å². The minimum Gasteiger partial charge on any atom is -0.383 e. The van der Waals surface area contributed by atoms with Crippen LogP contribution in [0.1, 0.15) is 25.5 Å². The van der Waals surface area contributed by atoms with Crippen molar-refractivity contribution >= 4 is 10.0 Å². The third-order valence-corrected chi connectivity index (χ3v) is 4.89. The number of nitrogens with two attached hydrogens (primary N) is 1. The van der Waals surface area contributed by atoms with Gasteiger partial charge in [-0.1, -0.05) is 19.1 Å². The van der Waals surface area contributed by atoms with Crippen LogP contribution in [-0.2, 0) is 14.8 Å². The summed E-state index contributed by atoms with van der Waals surface area (Å²) in [6.07, 6.45) is 0. The second-order valence-corrected chi connectivity index (χ2v) is 6.29.